The van der Waals surface area contributed by atoms with Gasteiger partial charge < -0.3 is 11.1 Å². The Hall–Kier alpha value is -3.96. The van der Waals surface area contributed by atoms with E-state index in [1.165, 1.54) is 11.3 Å². The molecule has 32 heavy (non-hydrogen) atoms. The smallest absolute Gasteiger partial charge is 0.256 e. The molecule has 4 rings (SSSR count). The normalized spacial score (nSPS) is 11.2. The quantitative estimate of drug-likeness (QED) is 0.290. The van der Waals surface area contributed by atoms with E-state index in [1.807, 2.05) is 97.1 Å². The molecule has 4 aromatic rings. The Morgan fingerprint density at radius 3 is 2.06 bits per heavy atom. The predicted octanol–water partition coefficient (Wildman–Crippen LogP) is 5.62. The number of rotatable bonds is 7. The zero-order valence-corrected chi connectivity index (χ0v) is 18.1. The topological polar surface area (TPSA) is 72.2 Å². The van der Waals surface area contributed by atoms with Crippen molar-refractivity contribution in [3.05, 3.63) is 124 Å². The molecule has 0 aliphatic carbocycles. The summed E-state index contributed by atoms with van der Waals surface area (Å²) >= 11 is 1.37. The lowest BCUT2D eigenvalue weighted by Crippen LogP contribution is -2.17. The van der Waals surface area contributed by atoms with E-state index in [-0.39, 0.29) is 5.91 Å². The van der Waals surface area contributed by atoms with Crippen LogP contribution >= 0.6 is 11.3 Å². The third kappa shape index (κ3) is 5.20. The van der Waals surface area contributed by atoms with Crippen LogP contribution in [0.5, 0.6) is 0 Å². The number of nitrogens with two attached hydrogens (primary N) is 1. The Bertz CT molecular complexity index is 1250. The standard InChI is InChI=1S/C27H22N2O2S/c28-25(30)24-18-22(16-19-10-4-1-5-11-19)32-27(24)29-26(31)23(21-14-8-3-9-15-21)17-20-12-6-2-7-13-20/h1-15,17-18H,16H2,(H2,28,30)(H,29,31)/b23-17+. The number of anilines is 1. The highest BCUT2D eigenvalue weighted by atomic mass is 32.1. The van der Waals surface area contributed by atoms with E-state index >= 15 is 0 Å². The number of amides is 2. The zero-order valence-electron chi connectivity index (χ0n) is 17.3. The van der Waals surface area contributed by atoms with Crippen LogP contribution in [0.1, 0.15) is 31.9 Å². The van der Waals surface area contributed by atoms with Crippen molar-refractivity contribution in [2.75, 3.05) is 5.32 Å². The van der Waals surface area contributed by atoms with Gasteiger partial charge in [-0.25, -0.2) is 0 Å². The average Bonchev–Trinajstić information content (AvgIpc) is 3.21. The fourth-order valence-corrected chi connectivity index (χ4v) is 4.48. The summed E-state index contributed by atoms with van der Waals surface area (Å²) in [5, 5.41) is 3.39. The number of thiophene rings is 1. The van der Waals surface area contributed by atoms with E-state index in [0.29, 0.717) is 22.6 Å². The van der Waals surface area contributed by atoms with E-state index in [4.69, 9.17) is 5.73 Å². The van der Waals surface area contributed by atoms with Gasteiger partial charge in [-0.2, -0.15) is 0 Å². The summed E-state index contributed by atoms with van der Waals surface area (Å²) in [5.74, 6) is -0.861. The molecule has 3 aromatic carbocycles. The molecule has 1 aromatic heterocycles. The van der Waals surface area contributed by atoms with Crippen molar-refractivity contribution in [2.24, 2.45) is 5.73 Å². The lowest BCUT2D eigenvalue weighted by molar-refractivity contribution is -0.111. The van der Waals surface area contributed by atoms with Crippen molar-refractivity contribution in [1.29, 1.82) is 0 Å². The minimum atomic E-state index is -0.566. The van der Waals surface area contributed by atoms with Gasteiger partial charge in [-0.15, -0.1) is 11.3 Å². The number of primary amides is 1. The number of carbonyl (C=O) groups excluding carboxylic acids is 2. The molecular weight excluding hydrogens is 416 g/mol. The summed E-state index contributed by atoms with van der Waals surface area (Å²) in [5.41, 5.74) is 9.25. The molecule has 0 aliphatic heterocycles. The van der Waals surface area contributed by atoms with Crippen LogP contribution in [0.15, 0.2) is 97.1 Å². The number of nitrogens with one attached hydrogen (secondary N) is 1. The molecule has 0 spiro atoms. The van der Waals surface area contributed by atoms with Crippen molar-refractivity contribution in [3.8, 4) is 0 Å². The first kappa shape index (κ1) is 21.3. The summed E-state index contributed by atoms with van der Waals surface area (Å²) in [4.78, 5) is 26.4. The highest BCUT2D eigenvalue weighted by molar-refractivity contribution is 7.16. The molecule has 0 saturated carbocycles. The molecule has 0 aliphatic rings. The Labute approximate surface area is 191 Å². The van der Waals surface area contributed by atoms with E-state index in [9.17, 15) is 9.59 Å². The van der Waals surface area contributed by atoms with Crippen LogP contribution in [0.4, 0.5) is 5.00 Å². The molecule has 0 bridgehead atoms. The third-order valence-electron chi connectivity index (χ3n) is 4.94. The van der Waals surface area contributed by atoms with Crippen molar-refractivity contribution in [1.82, 2.24) is 0 Å². The summed E-state index contributed by atoms with van der Waals surface area (Å²) in [6.07, 6.45) is 2.50. The van der Waals surface area contributed by atoms with Gasteiger partial charge in [0, 0.05) is 16.9 Å². The molecule has 5 heteroatoms. The fourth-order valence-electron chi connectivity index (χ4n) is 3.39. The van der Waals surface area contributed by atoms with Gasteiger partial charge in [0.2, 0.25) is 0 Å². The van der Waals surface area contributed by atoms with Crippen LogP contribution in [-0.4, -0.2) is 11.8 Å². The molecule has 0 saturated heterocycles. The monoisotopic (exact) mass is 438 g/mol. The number of hydrogen-bond acceptors (Lipinski definition) is 3. The predicted molar refractivity (Wildman–Crippen MR) is 131 cm³/mol. The summed E-state index contributed by atoms with van der Waals surface area (Å²) in [7, 11) is 0. The van der Waals surface area contributed by atoms with Crippen LogP contribution < -0.4 is 11.1 Å². The third-order valence-corrected chi connectivity index (χ3v) is 5.99. The average molecular weight is 439 g/mol. The Kier molecular flexibility index (Phi) is 6.58. The van der Waals surface area contributed by atoms with Crippen molar-refractivity contribution in [2.45, 2.75) is 6.42 Å². The van der Waals surface area contributed by atoms with Gasteiger partial charge in [-0.1, -0.05) is 91.0 Å². The van der Waals surface area contributed by atoms with Crippen LogP contribution in [0, 0.1) is 0 Å². The molecule has 3 N–H and O–H groups in total. The maximum atomic E-state index is 13.3. The molecule has 4 nitrogen and oxygen atoms in total. The van der Waals surface area contributed by atoms with E-state index in [2.05, 4.69) is 5.32 Å². The van der Waals surface area contributed by atoms with Crippen LogP contribution in [0.2, 0.25) is 0 Å². The minimum absolute atomic E-state index is 0.296. The van der Waals surface area contributed by atoms with Gasteiger partial charge in [0.15, 0.2) is 0 Å². The van der Waals surface area contributed by atoms with Crippen LogP contribution in [0.3, 0.4) is 0 Å². The van der Waals surface area contributed by atoms with Gasteiger partial charge in [-0.3, -0.25) is 9.59 Å². The molecule has 2 amide bonds. The molecule has 0 unspecified atom stereocenters. The first-order valence-electron chi connectivity index (χ1n) is 10.2. The number of benzene rings is 3. The van der Waals surface area contributed by atoms with Crippen molar-refractivity contribution >= 4 is 39.8 Å². The van der Waals surface area contributed by atoms with E-state index in [0.717, 1.165) is 21.6 Å². The van der Waals surface area contributed by atoms with Gasteiger partial charge in [-0.05, 0) is 28.8 Å². The van der Waals surface area contributed by atoms with Gasteiger partial charge in [0.25, 0.3) is 11.8 Å². The Balaban J connectivity index is 1.66. The van der Waals surface area contributed by atoms with Crippen LogP contribution in [0.25, 0.3) is 11.6 Å². The maximum Gasteiger partial charge on any atom is 0.256 e. The van der Waals surface area contributed by atoms with E-state index < -0.39 is 5.91 Å². The minimum Gasteiger partial charge on any atom is -0.366 e. The first-order valence-corrected chi connectivity index (χ1v) is 11.0. The second-order valence-electron chi connectivity index (χ2n) is 7.27. The highest BCUT2D eigenvalue weighted by Gasteiger charge is 2.19. The summed E-state index contributed by atoms with van der Waals surface area (Å²) in [6, 6.07) is 30.8. The Morgan fingerprint density at radius 2 is 1.44 bits per heavy atom. The molecule has 0 fully saturated rings. The molecule has 0 atom stereocenters. The molecule has 158 valence electrons. The zero-order chi connectivity index (χ0) is 22.3. The largest absolute Gasteiger partial charge is 0.366 e. The van der Waals surface area contributed by atoms with Gasteiger partial charge >= 0.3 is 0 Å². The SMILES string of the molecule is NC(=O)c1cc(Cc2ccccc2)sc1NC(=O)/C(=C/c1ccccc1)c1ccccc1. The summed E-state index contributed by atoms with van der Waals surface area (Å²) < 4.78 is 0. The lowest BCUT2D eigenvalue weighted by atomic mass is 10.0. The van der Waals surface area contributed by atoms with Crippen molar-refractivity contribution in [3.63, 3.8) is 0 Å². The first-order chi connectivity index (χ1) is 15.6. The maximum absolute atomic E-state index is 13.3. The molecule has 0 radical (unpaired) electrons. The number of hydrogen-bond donors (Lipinski definition) is 2. The highest BCUT2D eigenvalue weighted by Crippen LogP contribution is 2.31. The second kappa shape index (κ2) is 9.90. The Morgan fingerprint density at radius 1 is 0.844 bits per heavy atom. The van der Waals surface area contributed by atoms with Crippen LogP contribution in [-0.2, 0) is 11.2 Å². The van der Waals surface area contributed by atoms with Gasteiger partial charge in [0.05, 0.1) is 5.56 Å². The lowest BCUT2D eigenvalue weighted by Gasteiger charge is -2.10. The van der Waals surface area contributed by atoms with E-state index in [1.54, 1.807) is 6.07 Å². The second-order valence-corrected chi connectivity index (χ2v) is 8.41. The molecular formula is C27H22N2O2S. The van der Waals surface area contributed by atoms with Gasteiger partial charge in [0.1, 0.15) is 5.00 Å². The summed E-state index contributed by atoms with van der Waals surface area (Å²) in [6.45, 7) is 0. The fraction of sp³-hybridized carbons (Fsp3) is 0.0370. The number of carbonyl (C=O) groups is 2. The molecule has 1 heterocycles. The van der Waals surface area contributed by atoms with Crippen molar-refractivity contribution < 1.29 is 9.59 Å².